The van der Waals surface area contributed by atoms with Crippen molar-refractivity contribution in [2.75, 3.05) is 20.6 Å². The zero-order valence-electron chi connectivity index (χ0n) is 27.5. The summed E-state index contributed by atoms with van der Waals surface area (Å²) < 4.78 is 5.96. The first-order valence-corrected chi connectivity index (χ1v) is 17.4. The van der Waals surface area contributed by atoms with Crippen molar-refractivity contribution < 1.29 is 9.53 Å². The van der Waals surface area contributed by atoms with Crippen molar-refractivity contribution >= 4 is 5.97 Å². The summed E-state index contributed by atoms with van der Waals surface area (Å²) in [6.07, 6.45) is 42.9. The molecule has 0 fully saturated rings. The zero-order chi connectivity index (χ0) is 29.4. The molecule has 0 radical (unpaired) electrons. The minimum atomic E-state index is 0.00650. The largest absolute Gasteiger partial charge is 0.462 e. The van der Waals surface area contributed by atoms with E-state index in [0.29, 0.717) is 6.42 Å². The summed E-state index contributed by atoms with van der Waals surface area (Å²) in [5, 5.41) is 0. The molecule has 0 aromatic rings. The third-order valence-corrected chi connectivity index (χ3v) is 7.56. The molecule has 0 aliphatic heterocycles. The van der Waals surface area contributed by atoms with Crippen LogP contribution < -0.4 is 0 Å². The van der Waals surface area contributed by atoms with Gasteiger partial charge >= 0.3 is 5.97 Å². The lowest BCUT2D eigenvalue weighted by atomic mass is 10.0. The molecule has 0 aromatic carbocycles. The van der Waals surface area contributed by atoms with Gasteiger partial charge in [-0.2, -0.15) is 0 Å². The first kappa shape index (κ1) is 38.6. The van der Waals surface area contributed by atoms with Gasteiger partial charge in [-0.15, -0.1) is 0 Å². The Balaban J connectivity index is 4.00. The van der Waals surface area contributed by atoms with Gasteiger partial charge in [0.25, 0.3) is 0 Å². The lowest BCUT2D eigenvalue weighted by Crippen LogP contribution is -2.20. The SMILES string of the molecule is CCC=CCCCCCCCCC(CCCCCCCCC=CCC=CCCCCC)OC(=O)CCCN(C)C. The highest BCUT2D eigenvalue weighted by molar-refractivity contribution is 5.69. The zero-order valence-corrected chi connectivity index (χ0v) is 27.5. The third kappa shape index (κ3) is 31.2. The Morgan fingerprint density at radius 2 is 1.07 bits per heavy atom. The fourth-order valence-corrected chi connectivity index (χ4v) is 5.03. The number of unbranched alkanes of at least 4 members (excludes halogenated alkanes) is 15. The van der Waals surface area contributed by atoms with Crippen molar-refractivity contribution in [1.82, 2.24) is 4.90 Å². The van der Waals surface area contributed by atoms with E-state index in [1.165, 1.54) is 116 Å². The van der Waals surface area contributed by atoms with Crippen molar-refractivity contribution in [3.8, 4) is 0 Å². The Morgan fingerprint density at radius 1 is 0.600 bits per heavy atom. The maximum absolute atomic E-state index is 12.4. The molecule has 3 heteroatoms. The average Bonchev–Trinajstić information content (AvgIpc) is 2.93. The Morgan fingerprint density at radius 3 is 1.57 bits per heavy atom. The number of carbonyl (C=O) groups excluding carboxylic acids is 1. The standard InChI is InChI=1S/C37H69NO2/c1-5-7-9-11-13-15-17-18-19-20-21-22-24-26-28-30-33-36(40-37(39)34-31-35-38(3)4)32-29-27-25-23-16-14-12-10-8-6-2/h8,10,13,15,18-19,36H,5-7,9,11-12,14,16-17,20-35H2,1-4H3. The average molecular weight is 560 g/mol. The molecule has 0 N–H and O–H groups in total. The molecule has 0 amide bonds. The minimum Gasteiger partial charge on any atom is -0.462 e. The second-order valence-electron chi connectivity index (χ2n) is 12.0. The van der Waals surface area contributed by atoms with Gasteiger partial charge in [-0.1, -0.05) is 115 Å². The first-order chi connectivity index (χ1) is 19.6. The van der Waals surface area contributed by atoms with Crippen LogP contribution in [0.2, 0.25) is 0 Å². The van der Waals surface area contributed by atoms with Crippen LogP contribution in [-0.2, 0) is 9.53 Å². The molecule has 0 saturated carbocycles. The van der Waals surface area contributed by atoms with Crippen molar-refractivity contribution in [2.24, 2.45) is 0 Å². The fraction of sp³-hybridized carbons (Fsp3) is 0.811. The summed E-state index contributed by atoms with van der Waals surface area (Å²) in [7, 11) is 4.11. The van der Waals surface area contributed by atoms with Crippen LogP contribution in [0, 0.1) is 0 Å². The number of nitrogens with zero attached hydrogens (tertiary/aromatic N) is 1. The smallest absolute Gasteiger partial charge is 0.306 e. The van der Waals surface area contributed by atoms with E-state index in [-0.39, 0.29) is 12.1 Å². The second kappa shape index (κ2) is 32.2. The molecule has 234 valence electrons. The van der Waals surface area contributed by atoms with Gasteiger partial charge in [0.2, 0.25) is 0 Å². The lowest BCUT2D eigenvalue weighted by Gasteiger charge is -2.18. The third-order valence-electron chi connectivity index (χ3n) is 7.56. The highest BCUT2D eigenvalue weighted by Gasteiger charge is 2.14. The molecule has 1 unspecified atom stereocenters. The molecule has 3 nitrogen and oxygen atoms in total. The number of hydrogen-bond donors (Lipinski definition) is 0. The van der Waals surface area contributed by atoms with Crippen LogP contribution in [0.3, 0.4) is 0 Å². The summed E-state index contributed by atoms with van der Waals surface area (Å²) in [4.78, 5) is 14.6. The number of esters is 1. The topological polar surface area (TPSA) is 29.5 Å². The monoisotopic (exact) mass is 560 g/mol. The van der Waals surface area contributed by atoms with E-state index in [2.05, 4.69) is 69.3 Å². The quantitative estimate of drug-likeness (QED) is 0.0498. The highest BCUT2D eigenvalue weighted by Crippen LogP contribution is 2.18. The molecule has 1 atom stereocenters. The van der Waals surface area contributed by atoms with Gasteiger partial charge in [0.1, 0.15) is 6.10 Å². The number of ether oxygens (including phenoxy) is 1. The van der Waals surface area contributed by atoms with Crippen LogP contribution >= 0.6 is 0 Å². The van der Waals surface area contributed by atoms with Gasteiger partial charge in [-0.3, -0.25) is 4.79 Å². The van der Waals surface area contributed by atoms with Crippen LogP contribution in [0.5, 0.6) is 0 Å². The molecule has 0 rings (SSSR count). The van der Waals surface area contributed by atoms with E-state index >= 15 is 0 Å². The molecule has 0 spiro atoms. The lowest BCUT2D eigenvalue weighted by molar-refractivity contribution is -0.150. The predicted octanol–water partition coefficient (Wildman–Crippen LogP) is 11.5. The van der Waals surface area contributed by atoms with Gasteiger partial charge < -0.3 is 9.64 Å². The molecular weight excluding hydrogens is 490 g/mol. The molecule has 0 bridgehead atoms. The van der Waals surface area contributed by atoms with E-state index in [1.807, 2.05) is 0 Å². The van der Waals surface area contributed by atoms with Gasteiger partial charge in [0, 0.05) is 6.42 Å². The Labute approximate surface area is 251 Å². The van der Waals surface area contributed by atoms with Gasteiger partial charge in [-0.25, -0.2) is 0 Å². The van der Waals surface area contributed by atoms with Crippen LogP contribution in [0.1, 0.15) is 168 Å². The van der Waals surface area contributed by atoms with Crippen molar-refractivity contribution in [2.45, 2.75) is 174 Å². The van der Waals surface area contributed by atoms with E-state index < -0.39 is 0 Å². The predicted molar refractivity (Wildman–Crippen MR) is 178 cm³/mol. The highest BCUT2D eigenvalue weighted by atomic mass is 16.5. The maximum atomic E-state index is 12.4. The summed E-state index contributed by atoms with van der Waals surface area (Å²) in [6.45, 7) is 5.40. The molecular formula is C37H69NO2. The Kier molecular flexibility index (Phi) is 31.1. The second-order valence-corrected chi connectivity index (χ2v) is 12.0. The van der Waals surface area contributed by atoms with E-state index in [0.717, 1.165) is 38.6 Å². The van der Waals surface area contributed by atoms with Crippen LogP contribution in [-0.4, -0.2) is 37.6 Å². The van der Waals surface area contributed by atoms with Crippen molar-refractivity contribution in [1.29, 1.82) is 0 Å². The summed E-state index contributed by atoms with van der Waals surface area (Å²) in [6, 6.07) is 0. The normalized spacial score (nSPS) is 12.9. The molecule has 0 saturated heterocycles. The number of hydrogen-bond acceptors (Lipinski definition) is 3. The number of allylic oxidation sites excluding steroid dienone is 6. The van der Waals surface area contributed by atoms with E-state index in [4.69, 9.17) is 4.74 Å². The molecule has 0 aliphatic carbocycles. The summed E-state index contributed by atoms with van der Waals surface area (Å²) in [5.41, 5.74) is 0. The van der Waals surface area contributed by atoms with Gasteiger partial charge in [0.15, 0.2) is 0 Å². The molecule has 0 heterocycles. The summed E-state index contributed by atoms with van der Waals surface area (Å²) >= 11 is 0. The molecule has 0 aliphatic rings. The molecule has 40 heavy (non-hydrogen) atoms. The van der Waals surface area contributed by atoms with E-state index in [9.17, 15) is 4.79 Å². The van der Waals surface area contributed by atoms with Crippen LogP contribution in [0.4, 0.5) is 0 Å². The Bertz CT molecular complexity index is 607. The van der Waals surface area contributed by atoms with Crippen molar-refractivity contribution in [3.05, 3.63) is 36.5 Å². The Hall–Kier alpha value is -1.35. The number of rotatable bonds is 30. The van der Waals surface area contributed by atoms with Gasteiger partial charge in [0.05, 0.1) is 0 Å². The van der Waals surface area contributed by atoms with Crippen LogP contribution in [0.25, 0.3) is 0 Å². The molecule has 0 aromatic heterocycles. The first-order valence-electron chi connectivity index (χ1n) is 17.4. The number of carbonyl (C=O) groups is 1. The maximum Gasteiger partial charge on any atom is 0.306 e. The van der Waals surface area contributed by atoms with Gasteiger partial charge in [-0.05, 0) is 104 Å². The van der Waals surface area contributed by atoms with Crippen LogP contribution in [0.15, 0.2) is 36.5 Å². The van der Waals surface area contributed by atoms with E-state index in [1.54, 1.807) is 0 Å². The minimum absolute atomic E-state index is 0.00650. The summed E-state index contributed by atoms with van der Waals surface area (Å²) in [5.74, 6) is 0.00650. The fourth-order valence-electron chi connectivity index (χ4n) is 5.03. The van der Waals surface area contributed by atoms with Crippen molar-refractivity contribution in [3.63, 3.8) is 0 Å².